The number of benzene rings is 10. The van der Waals surface area contributed by atoms with E-state index in [0.29, 0.717) is 5.69 Å². The van der Waals surface area contributed by atoms with Crippen LogP contribution in [-0.4, -0.2) is 4.98 Å². The zero-order valence-electron chi connectivity index (χ0n) is 34.6. The van der Waals surface area contributed by atoms with Crippen LogP contribution in [0.1, 0.15) is 0 Å². The van der Waals surface area contributed by atoms with E-state index in [9.17, 15) is 0 Å². The number of anilines is 6. The van der Waals surface area contributed by atoms with E-state index in [1.807, 2.05) is 36.5 Å². The fourth-order valence-electron chi connectivity index (χ4n) is 9.39. The molecule has 0 spiro atoms. The van der Waals surface area contributed by atoms with Crippen LogP contribution in [0.15, 0.2) is 235 Å². The van der Waals surface area contributed by atoms with Gasteiger partial charge in [-0.05, 0) is 130 Å². The van der Waals surface area contributed by atoms with Crippen LogP contribution < -0.4 is 9.80 Å². The molecule has 0 aliphatic carbocycles. The molecule has 0 amide bonds. The summed E-state index contributed by atoms with van der Waals surface area (Å²) < 4.78 is 22.0. The van der Waals surface area contributed by atoms with Crippen LogP contribution in [0.5, 0.6) is 0 Å². The first-order valence-electron chi connectivity index (χ1n) is 21.5. The van der Waals surface area contributed by atoms with Gasteiger partial charge in [-0.15, -0.1) is 0 Å². The van der Waals surface area contributed by atoms with Gasteiger partial charge in [0.15, 0.2) is 0 Å². The second kappa shape index (κ2) is 15.4. The van der Waals surface area contributed by atoms with Gasteiger partial charge in [0.25, 0.3) is 0 Å². The van der Waals surface area contributed by atoms with Gasteiger partial charge < -0.3 is 14.2 Å². The van der Waals surface area contributed by atoms with Crippen LogP contribution in [-0.2, 0) is 0 Å². The quantitative estimate of drug-likeness (QED) is 0.153. The summed E-state index contributed by atoms with van der Waals surface area (Å²) in [5, 5.41) is 7.68. The van der Waals surface area contributed by atoms with E-state index in [2.05, 4.69) is 191 Å². The molecule has 2 heterocycles. The van der Waals surface area contributed by atoms with Crippen molar-refractivity contribution in [3.8, 4) is 22.3 Å². The molecule has 2 aromatic heterocycles. The van der Waals surface area contributed by atoms with Gasteiger partial charge in [-0.2, -0.15) is 0 Å². The molecule has 64 heavy (non-hydrogen) atoms. The van der Waals surface area contributed by atoms with E-state index in [-0.39, 0.29) is 5.82 Å². The Kier molecular flexibility index (Phi) is 8.97. The summed E-state index contributed by atoms with van der Waals surface area (Å²) in [4.78, 5) is 9.05. The van der Waals surface area contributed by atoms with E-state index in [1.54, 1.807) is 12.1 Å². The molecule has 0 saturated carbocycles. The van der Waals surface area contributed by atoms with E-state index in [1.165, 1.54) is 33.4 Å². The number of fused-ring (bicyclic) bond motifs is 6. The zero-order chi connectivity index (χ0) is 42.6. The fraction of sp³-hybridized carbons (Fsp3) is 0. The molecule has 0 fully saturated rings. The highest BCUT2D eigenvalue weighted by atomic mass is 19.1. The highest BCUT2D eigenvalue weighted by molar-refractivity contribution is 6.14. The maximum atomic E-state index is 15.1. The van der Waals surface area contributed by atoms with Gasteiger partial charge in [-0.25, -0.2) is 4.39 Å². The second-order valence-electron chi connectivity index (χ2n) is 16.1. The number of pyridine rings is 1. The Morgan fingerprint density at radius 2 is 1.03 bits per heavy atom. The van der Waals surface area contributed by atoms with Crippen molar-refractivity contribution in [2.75, 3.05) is 9.80 Å². The number of aromatic nitrogens is 1. The number of halogens is 1. The molecule has 0 unspecified atom stereocenters. The summed E-state index contributed by atoms with van der Waals surface area (Å²) in [6.45, 7) is 0. The topological polar surface area (TPSA) is 32.5 Å². The van der Waals surface area contributed by atoms with Crippen LogP contribution in [0.4, 0.5) is 38.5 Å². The highest BCUT2D eigenvalue weighted by Gasteiger charge is 2.23. The summed E-state index contributed by atoms with van der Waals surface area (Å²) in [6.07, 6.45) is 1.81. The lowest BCUT2D eigenvalue weighted by atomic mass is 9.93. The Labute approximate surface area is 369 Å². The van der Waals surface area contributed by atoms with Crippen molar-refractivity contribution < 1.29 is 8.81 Å². The molecule has 0 N–H and O–H groups in total. The average molecular weight is 824 g/mol. The highest BCUT2D eigenvalue weighted by Crippen LogP contribution is 2.47. The first-order chi connectivity index (χ1) is 31.6. The minimum Gasteiger partial charge on any atom is -0.455 e. The molecule has 302 valence electrons. The van der Waals surface area contributed by atoms with Crippen molar-refractivity contribution in [2.45, 2.75) is 0 Å². The SMILES string of the molecule is Fc1cccc(N(c2ccccc2)c2cc(-c3ccc4ncccc4c3)c3oc4ccc(N(c5ccccc5)c5ccc(-c6cccc7ccccc67)c6ccccc56)cc4c3c2)c1. The standard InChI is InChI=1S/C59H38FN3O/c60-42-17-12-22-45(35-42)62(43-18-3-1-4-19-43)47-37-53(40-27-30-56-41(34-40)16-13-33-61-56)59-55(38-47)54-36-46(28-32-58(54)64-59)63(44-20-5-2-6-21-44)57-31-29-51(50-24-9-10-25-52(50)57)49-26-11-15-39-14-7-8-23-48(39)49/h1-38H. The predicted octanol–water partition coefficient (Wildman–Crippen LogP) is 16.9. The van der Waals surface area contributed by atoms with E-state index in [0.717, 1.165) is 77.8 Å². The summed E-state index contributed by atoms with van der Waals surface area (Å²) in [7, 11) is 0. The number of nitrogens with zero attached hydrogens (tertiary/aromatic N) is 3. The van der Waals surface area contributed by atoms with Gasteiger partial charge in [0, 0.05) is 61.7 Å². The van der Waals surface area contributed by atoms with Gasteiger partial charge in [-0.1, -0.05) is 127 Å². The lowest BCUT2D eigenvalue weighted by Crippen LogP contribution is -2.10. The van der Waals surface area contributed by atoms with Crippen molar-refractivity contribution in [3.63, 3.8) is 0 Å². The van der Waals surface area contributed by atoms with Gasteiger partial charge >= 0.3 is 0 Å². The normalized spacial score (nSPS) is 11.5. The number of para-hydroxylation sites is 2. The first-order valence-corrected chi connectivity index (χ1v) is 21.5. The Bertz CT molecular complexity index is 3710. The van der Waals surface area contributed by atoms with Gasteiger partial charge in [-0.3, -0.25) is 4.98 Å². The predicted molar refractivity (Wildman–Crippen MR) is 264 cm³/mol. The molecule has 10 aromatic carbocycles. The smallest absolute Gasteiger partial charge is 0.143 e. The Hall–Kier alpha value is -8.54. The average Bonchev–Trinajstić information content (AvgIpc) is 3.72. The molecule has 0 saturated heterocycles. The third-order valence-corrected chi connectivity index (χ3v) is 12.3. The van der Waals surface area contributed by atoms with E-state index in [4.69, 9.17) is 4.42 Å². The summed E-state index contributed by atoms with van der Waals surface area (Å²) >= 11 is 0. The molecule has 0 aliphatic heterocycles. The third kappa shape index (κ3) is 6.41. The Morgan fingerprint density at radius 1 is 0.375 bits per heavy atom. The lowest BCUT2D eigenvalue weighted by Gasteiger charge is -2.27. The monoisotopic (exact) mass is 823 g/mol. The minimum atomic E-state index is -0.307. The molecule has 4 nitrogen and oxygen atoms in total. The van der Waals surface area contributed by atoms with Gasteiger partial charge in [0.05, 0.1) is 11.2 Å². The van der Waals surface area contributed by atoms with Crippen molar-refractivity contribution in [3.05, 3.63) is 236 Å². The maximum Gasteiger partial charge on any atom is 0.143 e. The number of rotatable bonds is 8. The molecule has 5 heteroatoms. The van der Waals surface area contributed by atoms with Crippen molar-refractivity contribution >= 4 is 88.5 Å². The lowest BCUT2D eigenvalue weighted by molar-refractivity contribution is 0.628. The van der Waals surface area contributed by atoms with Crippen molar-refractivity contribution in [2.24, 2.45) is 0 Å². The Morgan fingerprint density at radius 3 is 1.86 bits per heavy atom. The van der Waals surface area contributed by atoms with Crippen LogP contribution >= 0.6 is 0 Å². The van der Waals surface area contributed by atoms with Gasteiger partial charge in [0.1, 0.15) is 17.0 Å². The number of hydrogen-bond acceptors (Lipinski definition) is 4. The fourth-order valence-corrected chi connectivity index (χ4v) is 9.39. The van der Waals surface area contributed by atoms with Crippen LogP contribution in [0.3, 0.4) is 0 Å². The van der Waals surface area contributed by atoms with E-state index >= 15 is 4.39 Å². The number of hydrogen-bond donors (Lipinski definition) is 0. The summed E-state index contributed by atoms with van der Waals surface area (Å²) in [5.41, 5.74) is 12.3. The summed E-state index contributed by atoms with van der Waals surface area (Å²) in [6, 6.07) is 77.0. The first kappa shape index (κ1) is 37.2. The van der Waals surface area contributed by atoms with Crippen molar-refractivity contribution in [1.29, 1.82) is 0 Å². The minimum absolute atomic E-state index is 0.307. The molecule has 0 aliphatic rings. The molecule has 0 atom stereocenters. The van der Waals surface area contributed by atoms with Crippen LogP contribution in [0.25, 0.3) is 76.6 Å². The Balaban J connectivity index is 1.10. The molecular formula is C59H38FN3O. The second-order valence-corrected chi connectivity index (χ2v) is 16.1. The zero-order valence-corrected chi connectivity index (χ0v) is 34.6. The largest absolute Gasteiger partial charge is 0.455 e. The van der Waals surface area contributed by atoms with Crippen molar-refractivity contribution in [1.82, 2.24) is 4.98 Å². The maximum absolute atomic E-state index is 15.1. The van der Waals surface area contributed by atoms with Crippen LogP contribution in [0.2, 0.25) is 0 Å². The molecule has 0 radical (unpaired) electrons. The molecular weight excluding hydrogens is 786 g/mol. The molecule has 12 aromatic rings. The van der Waals surface area contributed by atoms with Crippen LogP contribution in [0, 0.1) is 5.82 Å². The third-order valence-electron chi connectivity index (χ3n) is 12.3. The van der Waals surface area contributed by atoms with Gasteiger partial charge in [0.2, 0.25) is 0 Å². The molecule has 0 bridgehead atoms. The van der Waals surface area contributed by atoms with E-state index < -0.39 is 0 Å². The summed E-state index contributed by atoms with van der Waals surface area (Å²) in [5.74, 6) is -0.307. The number of furan rings is 1. The molecule has 12 rings (SSSR count).